The van der Waals surface area contributed by atoms with E-state index in [1.54, 1.807) is 0 Å². The third-order valence-corrected chi connectivity index (χ3v) is 1.22. The maximum Gasteiger partial charge on any atom is 0.0801 e. The van der Waals surface area contributed by atoms with Crippen molar-refractivity contribution < 1.29 is 0 Å². The molecule has 0 heterocycles. The summed E-state index contributed by atoms with van der Waals surface area (Å²) in [6.45, 7) is 0.678. The first-order chi connectivity index (χ1) is 4.93. The van der Waals surface area contributed by atoms with Crippen LogP contribution < -0.4 is 5.73 Å². The van der Waals surface area contributed by atoms with Crippen molar-refractivity contribution in [1.82, 2.24) is 0 Å². The van der Waals surface area contributed by atoms with E-state index in [0.717, 1.165) is 0 Å². The molecular formula is C8H11ClN2. The summed E-state index contributed by atoms with van der Waals surface area (Å²) in [7, 11) is 0. The molecule has 0 radical (unpaired) electrons. The Balaban J connectivity index is 0.000001000. The molecule has 0 aliphatic carbocycles. The standard InChI is InChI=1S/C8H10N2.ClH/c9-7-10-6-8-4-2-1-3-5-8;/h1-5,7H,6H2,(H2,9,10);1H. The molecule has 0 atom stereocenters. The maximum absolute atomic E-state index is 5.08. The van der Waals surface area contributed by atoms with E-state index in [9.17, 15) is 0 Å². The van der Waals surface area contributed by atoms with E-state index in [1.807, 2.05) is 30.3 Å². The fourth-order valence-corrected chi connectivity index (χ4v) is 0.742. The van der Waals surface area contributed by atoms with Crippen molar-refractivity contribution in [1.29, 1.82) is 0 Å². The molecule has 0 amide bonds. The Labute approximate surface area is 72.5 Å². The van der Waals surface area contributed by atoms with Gasteiger partial charge in [-0.2, -0.15) is 0 Å². The highest BCUT2D eigenvalue weighted by molar-refractivity contribution is 5.85. The van der Waals surface area contributed by atoms with Gasteiger partial charge in [-0.15, -0.1) is 12.4 Å². The van der Waals surface area contributed by atoms with Gasteiger partial charge in [0.25, 0.3) is 0 Å². The van der Waals surface area contributed by atoms with Gasteiger partial charge < -0.3 is 5.73 Å². The van der Waals surface area contributed by atoms with Crippen molar-refractivity contribution >= 4 is 18.7 Å². The fraction of sp³-hybridized carbons (Fsp3) is 0.125. The maximum atomic E-state index is 5.08. The Morgan fingerprint density at radius 3 is 2.45 bits per heavy atom. The lowest BCUT2D eigenvalue weighted by Gasteiger charge is -1.91. The second kappa shape index (κ2) is 5.74. The van der Waals surface area contributed by atoms with Gasteiger partial charge >= 0.3 is 0 Å². The molecule has 2 nitrogen and oxygen atoms in total. The first-order valence-corrected chi connectivity index (χ1v) is 3.17. The second-order valence-corrected chi connectivity index (χ2v) is 1.98. The predicted molar refractivity (Wildman–Crippen MR) is 50.1 cm³/mol. The highest BCUT2D eigenvalue weighted by atomic mass is 35.5. The number of nitrogens with two attached hydrogens (primary N) is 1. The van der Waals surface area contributed by atoms with Gasteiger partial charge in [-0.3, -0.25) is 4.99 Å². The molecule has 0 aromatic heterocycles. The molecule has 1 rings (SSSR count). The van der Waals surface area contributed by atoms with Gasteiger partial charge in [0.15, 0.2) is 0 Å². The topological polar surface area (TPSA) is 38.4 Å². The van der Waals surface area contributed by atoms with E-state index in [0.29, 0.717) is 6.54 Å². The highest BCUT2D eigenvalue weighted by Crippen LogP contribution is 1.98. The van der Waals surface area contributed by atoms with Crippen LogP contribution >= 0.6 is 12.4 Å². The molecule has 60 valence electrons. The van der Waals surface area contributed by atoms with Gasteiger partial charge in [0.1, 0.15) is 0 Å². The number of benzene rings is 1. The van der Waals surface area contributed by atoms with Crippen LogP contribution in [0.25, 0.3) is 0 Å². The molecular weight excluding hydrogens is 160 g/mol. The Bertz CT molecular complexity index is 209. The van der Waals surface area contributed by atoms with Crippen molar-refractivity contribution in [3.05, 3.63) is 35.9 Å². The first kappa shape index (κ1) is 9.98. The van der Waals surface area contributed by atoms with Crippen molar-refractivity contribution in [2.24, 2.45) is 10.7 Å². The van der Waals surface area contributed by atoms with Crippen LogP contribution in [-0.2, 0) is 6.54 Å². The van der Waals surface area contributed by atoms with Crippen LogP contribution in [-0.4, -0.2) is 6.34 Å². The lowest BCUT2D eigenvalue weighted by molar-refractivity contribution is 1.07. The van der Waals surface area contributed by atoms with E-state index in [-0.39, 0.29) is 12.4 Å². The Hall–Kier alpha value is -1.02. The SMILES string of the molecule is Cl.NC=NCc1ccccc1. The number of nitrogens with zero attached hydrogens (tertiary/aromatic N) is 1. The number of halogens is 1. The zero-order chi connectivity index (χ0) is 7.23. The van der Waals surface area contributed by atoms with Crippen LogP contribution in [0.1, 0.15) is 5.56 Å². The lowest BCUT2D eigenvalue weighted by atomic mass is 10.2. The van der Waals surface area contributed by atoms with E-state index in [1.165, 1.54) is 11.9 Å². The van der Waals surface area contributed by atoms with E-state index in [4.69, 9.17) is 5.73 Å². The van der Waals surface area contributed by atoms with Crippen LogP contribution in [0.3, 0.4) is 0 Å². The Morgan fingerprint density at radius 2 is 1.91 bits per heavy atom. The van der Waals surface area contributed by atoms with Crippen molar-refractivity contribution in [3.8, 4) is 0 Å². The van der Waals surface area contributed by atoms with Gasteiger partial charge in [-0.1, -0.05) is 30.3 Å². The zero-order valence-electron chi connectivity index (χ0n) is 6.10. The first-order valence-electron chi connectivity index (χ1n) is 3.17. The van der Waals surface area contributed by atoms with E-state index < -0.39 is 0 Å². The summed E-state index contributed by atoms with van der Waals surface area (Å²) < 4.78 is 0. The Morgan fingerprint density at radius 1 is 1.27 bits per heavy atom. The number of hydrogen-bond donors (Lipinski definition) is 1. The van der Waals surface area contributed by atoms with E-state index in [2.05, 4.69) is 4.99 Å². The van der Waals surface area contributed by atoms with Crippen LogP contribution in [0, 0.1) is 0 Å². The average molecular weight is 171 g/mol. The van der Waals surface area contributed by atoms with Crippen LogP contribution in [0.5, 0.6) is 0 Å². The minimum atomic E-state index is 0. The van der Waals surface area contributed by atoms with Crippen molar-refractivity contribution in [2.45, 2.75) is 6.54 Å². The molecule has 1 aromatic carbocycles. The second-order valence-electron chi connectivity index (χ2n) is 1.98. The quantitative estimate of drug-likeness (QED) is 0.532. The van der Waals surface area contributed by atoms with Gasteiger partial charge in [-0.05, 0) is 5.56 Å². The number of rotatable bonds is 2. The third-order valence-electron chi connectivity index (χ3n) is 1.22. The number of hydrogen-bond acceptors (Lipinski definition) is 1. The highest BCUT2D eigenvalue weighted by Gasteiger charge is 1.83. The molecule has 0 saturated carbocycles. The molecule has 11 heavy (non-hydrogen) atoms. The summed E-state index contributed by atoms with van der Waals surface area (Å²) in [4.78, 5) is 3.89. The summed E-state index contributed by atoms with van der Waals surface area (Å²) in [5.74, 6) is 0. The van der Waals surface area contributed by atoms with Crippen LogP contribution in [0.15, 0.2) is 35.3 Å². The largest absolute Gasteiger partial charge is 0.390 e. The minimum Gasteiger partial charge on any atom is -0.390 e. The summed E-state index contributed by atoms with van der Waals surface area (Å²) in [6.07, 6.45) is 1.33. The summed E-state index contributed by atoms with van der Waals surface area (Å²) in [5, 5.41) is 0. The fourth-order valence-electron chi connectivity index (χ4n) is 0.742. The molecule has 1 aromatic rings. The molecule has 0 aliphatic heterocycles. The van der Waals surface area contributed by atoms with Gasteiger partial charge in [0.2, 0.25) is 0 Å². The molecule has 0 fully saturated rings. The molecule has 3 heteroatoms. The smallest absolute Gasteiger partial charge is 0.0801 e. The van der Waals surface area contributed by atoms with Crippen molar-refractivity contribution in [2.75, 3.05) is 0 Å². The number of aliphatic imine (C=N–C) groups is 1. The molecule has 2 N–H and O–H groups in total. The van der Waals surface area contributed by atoms with Gasteiger partial charge in [0.05, 0.1) is 12.9 Å². The van der Waals surface area contributed by atoms with Gasteiger partial charge in [0, 0.05) is 0 Å². The van der Waals surface area contributed by atoms with Crippen molar-refractivity contribution in [3.63, 3.8) is 0 Å². The van der Waals surface area contributed by atoms with Crippen LogP contribution in [0.2, 0.25) is 0 Å². The van der Waals surface area contributed by atoms with Crippen LogP contribution in [0.4, 0.5) is 0 Å². The molecule has 0 saturated heterocycles. The molecule has 0 bridgehead atoms. The Kier molecular flexibility index (Phi) is 5.21. The van der Waals surface area contributed by atoms with Gasteiger partial charge in [-0.25, -0.2) is 0 Å². The summed E-state index contributed by atoms with van der Waals surface area (Å²) >= 11 is 0. The molecule has 0 aliphatic rings. The zero-order valence-corrected chi connectivity index (χ0v) is 6.92. The predicted octanol–water partition coefficient (Wildman–Crippen LogP) is 1.60. The monoisotopic (exact) mass is 170 g/mol. The third kappa shape index (κ3) is 3.63. The normalized spacial score (nSPS) is 9.45. The average Bonchev–Trinajstić information content (AvgIpc) is 2.03. The lowest BCUT2D eigenvalue weighted by Crippen LogP contribution is -1.89. The summed E-state index contributed by atoms with van der Waals surface area (Å²) in [5.41, 5.74) is 6.27. The van der Waals surface area contributed by atoms with E-state index >= 15 is 0 Å². The molecule has 0 unspecified atom stereocenters. The minimum absolute atomic E-state index is 0. The molecule has 0 spiro atoms. The summed E-state index contributed by atoms with van der Waals surface area (Å²) in [6, 6.07) is 10.00.